The van der Waals surface area contributed by atoms with Gasteiger partial charge in [0, 0.05) is 15.6 Å². The van der Waals surface area contributed by atoms with Crippen molar-refractivity contribution in [2.45, 2.75) is 13.5 Å². The van der Waals surface area contributed by atoms with Crippen molar-refractivity contribution >= 4 is 92.0 Å². The Labute approximate surface area is 247 Å². The second kappa shape index (κ2) is 12.5. The second-order valence-electron chi connectivity index (χ2n) is 7.64. The number of thioether (sulfide) groups is 1. The smallest absolute Gasteiger partial charge is 0.285 e. The SMILES string of the molecule is CCOc1cc(/C=C2/SC(=S)N(NC(=O)c3ccc(Cl)cc3)C2=O)cc(I)c1OCc1ccc(Cl)cc1. The van der Waals surface area contributed by atoms with Crippen LogP contribution >= 0.6 is 69.8 Å². The fourth-order valence-corrected chi connectivity index (χ4v) is 5.51. The van der Waals surface area contributed by atoms with Crippen molar-refractivity contribution in [3.05, 3.63) is 95.9 Å². The highest BCUT2D eigenvalue weighted by Crippen LogP contribution is 2.37. The number of rotatable bonds is 8. The molecule has 4 rings (SSSR count). The molecular weight excluding hydrogens is 666 g/mol. The van der Waals surface area contributed by atoms with Crippen LogP contribution in [-0.4, -0.2) is 27.8 Å². The number of halogens is 3. The summed E-state index contributed by atoms with van der Waals surface area (Å²) in [7, 11) is 0. The quantitative estimate of drug-likeness (QED) is 0.155. The highest BCUT2D eigenvalue weighted by atomic mass is 127. The van der Waals surface area contributed by atoms with E-state index < -0.39 is 11.8 Å². The molecule has 1 saturated heterocycles. The van der Waals surface area contributed by atoms with E-state index in [2.05, 4.69) is 28.0 Å². The molecule has 0 radical (unpaired) electrons. The van der Waals surface area contributed by atoms with Crippen LogP contribution in [0.1, 0.15) is 28.4 Å². The summed E-state index contributed by atoms with van der Waals surface area (Å²) in [4.78, 5) is 26.0. The zero-order chi connectivity index (χ0) is 26.5. The topological polar surface area (TPSA) is 67.9 Å². The molecule has 1 heterocycles. The lowest BCUT2D eigenvalue weighted by Gasteiger charge is -2.16. The Morgan fingerprint density at radius 2 is 1.73 bits per heavy atom. The van der Waals surface area contributed by atoms with E-state index in [1.54, 1.807) is 30.3 Å². The van der Waals surface area contributed by atoms with Crippen molar-refractivity contribution < 1.29 is 19.1 Å². The zero-order valence-corrected chi connectivity index (χ0v) is 24.6. The number of benzene rings is 3. The number of hydrazine groups is 1. The fourth-order valence-electron chi connectivity index (χ4n) is 3.29. The Kier molecular flexibility index (Phi) is 9.36. The number of hydrogen-bond acceptors (Lipinski definition) is 6. The second-order valence-corrected chi connectivity index (χ2v) is 11.4. The average Bonchev–Trinajstić information content (AvgIpc) is 3.12. The molecule has 0 bridgehead atoms. The predicted molar refractivity (Wildman–Crippen MR) is 160 cm³/mol. The fraction of sp³-hybridized carbons (Fsp3) is 0.115. The Morgan fingerprint density at radius 3 is 2.38 bits per heavy atom. The van der Waals surface area contributed by atoms with Crippen LogP contribution < -0.4 is 14.9 Å². The van der Waals surface area contributed by atoms with Gasteiger partial charge in [0.25, 0.3) is 11.8 Å². The molecule has 1 aliphatic rings. The number of nitrogens with zero attached hydrogens (tertiary/aromatic N) is 1. The molecule has 1 aliphatic heterocycles. The van der Waals surface area contributed by atoms with E-state index >= 15 is 0 Å². The van der Waals surface area contributed by atoms with Gasteiger partial charge >= 0.3 is 0 Å². The van der Waals surface area contributed by atoms with Gasteiger partial charge < -0.3 is 9.47 Å². The van der Waals surface area contributed by atoms with E-state index in [-0.39, 0.29) is 4.32 Å². The van der Waals surface area contributed by atoms with Gasteiger partial charge in [0.05, 0.1) is 15.1 Å². The minimum Gasteiger partial charge on any atom is -0.490 e. The number of carbonyl (C=O) groups excluding carboxylic acids is 2. The van der Waals surface area contributed by atoms with E-state index in [0.717, 1.165) is 31.5 Å². The first kappa shape index (κ1) is 27.7. The van der Waals surface area contributed by atoms with Crippen molar-refractivity contribution in [1.29, 1.82) is 0 Å². The number of thiocarbonyl (C=S) groups is 1. The van der Waals surface area contributed by atoms with Gasteiger partial charge in [-0.1, -0.05) is 47.1 Å². The molecule has 37 heavy (non-hydrogen) atoms. The molecule has 1 fully saturated rings. The average molecular weight is 685 g/mol. The molecule has 6 nitrogen and oxygen atoms in total. The minimum atomic E-state index is -0.468. The van der Waals surface area contributed by atoms with Crippen LogP contribution in [0.2, 0.25) is 10.0 Å². The van der Waals surface area contributed by atoms with Crippen molar-refractivity contribution in [2.75, 3.05) is 6.61 Å². The molecule has 0 aromatic heterocycles. The Balaban J connectivity index is 1.52. The maximum absolute atomic E-state index is 13.0. The van der Waals surface area contributed by atoms with E-state index in [0.29, 0.717) is 45.2 Å². The van der Waals surface area contributed by atoms with E-state index in [9.17, 15) is 9.59 Å². The standard InChI is InChI=1S/C26H19Cl2IN2O4S2/c1-2-34-21-12-16(11-20(29)23(21)35-14-15-3-7-18(27)8-4-15)13-22-25(33)31(26(36)37-22)30-24(32)17-5-9-19(28)10-6-17/h3-13H,2,14H2,1H3,(H,30,32)/b22-13+. The highest BCUT2D eigenvalue weighted by molar-refractivity contribution is 14.1. The molecule has 11 heteroatoms. The van der Waals surface area contributed by atoms with Gasteiger partial charge in [-0.3, -0.25) is 15.0 Å². The number of nitrogens with one attached hydrogen (secondary N) is 1. The van der Waals surface area contributed by atoms with Crippen LogP contribution in [0.3, 0.4) is 0 Å². The van der Waals surface area contributed by atoms with Gasteiger partial charge in [0.1, 0.15) is 6.61 Å². The van der Waals surface area contributed by atoms with Crippen molar-refractivity contribution in [2.24, 2.45) is 0 Å². The first-order valence-electron chi connectivity index (χ1n) is 10.9. The van der Waals surface area contributed by atoms with Crippen molar-refractivity contribution in [3.8, 4) is 11.5 Å². The molecule has 0 saturated carbocycles. The summed E-state index contributed by atoms with van der Waals surface area (Å²) in [6.07, 6.45) is 1.71. The minimum absolute atomic E-state index is 0.223. The summed E-state index contributed by atoms with van der Waals surface area (Å²) in [5, 5.41) is 2.24. The molecule has 0 spiro atoms. The maximum Gasteiger partial charge on any atom is 0.285 e. The highest BCUT2D eigenvalue weighted by Gasteiger charge is 2.34. The summed E-state index contributed by atoms with van der Waals surface area (Å²) < 4.78 is 12.9. The maximum atomic E-state index is 13.0. The molecule has 0 unspecified atom stereocenters. The molecular formula is C26H19Cl2IN2O4S2. The van der Waals surface area contributed by atoms with Crippen molar-refractivity contribution in [3.63, 3.8) is 0 Å². The Hall–Kier alpha value is -2.31. The summed E-state index contributed by atoms with van der Waals surface area (Å²) in [5.74, 6) is 0.274. The van der Waals surface area contributed by atoms with Gasteiger partial charge in [0.15, 0.2) is 15.8 Å². The van der Waals surface area contributed by atoms with Crippen LogP contribution in [0.25, 0.3) is 6.08 Å². The number of ether oxygens (including phenoxy) is 2. The first-order chi connectivity index (χ1) is 17.7. The molecule has 2 amide bonds. The van der Waals surface area contributed by atoms with Crippen molar-refractivity contribution in [1.82, 2.24) is 10.4 Å². The van der Waals surface area contributed by atoms with Crippen LogP contribution in [-0.2, 0) is 11.4 Å². The largest absolute Gasteiger partial charge is 0.490 e. The predicted octanol–water partition coefficient (Wildman–Crippen LogP) is 7.12. The van der Waals surface area contributed by atoms with Crippen LogP contribution in [0, 0.1) is 3.57 Å². The van der Waals surface area contributed by atoms with Crippen LogP contribution in [0.15, 0.2) is 65.6 Å². The summed E-state index contributed by atoms with van der Waals surface area (Å²) in [5.41, 5.74) is 4.62. The van der Waals surface area contributed by atoms with Crippen LogP contribution in [0.4, 0.5) is 0 Å². The van der Waals surface area contributed by atoms with Crippen LogP contribution in [0.5, 0.6) is 11.5 Å². The third-order valence-corrected chi connectivity index (χ3v) is 7.65. The third-order valence-electron chi connectivity index (χ3n) is 5.04. The Morgan fingerprint density at radius 1 is 1.08 bits per heavy atom. The third kappa shape index (κ3) is 6.97. The molecule has 3 aromatic rings. The first-order valence-corrected chi connectivity index (χ1v) is 14.0. The molecule has 3 aromatic carbocycles. The summed E-state index contributed by atoms with van der Waals surface area (Å²) in [6.45, 7) is 2.67. The lowest BCUT2D eigenvalue weighted by molar-refractivity contribution is -0.123. The van der Waals surface area contributed by atoms with E-state index in [1.165, 1.54) is 0 Å². The Bertz CT molecular complexity index is 1380. The summed E-state index contributed by atoms with van der Waals surface area (Å²) in [6, 6.07) is 17.5. The normalized spacial score (nSPS) is 14.3. The molecule has 190 valence electrons. The van der Waals surface area contributed by atoms with Gasteiger partial charge in [0.2, 0.25) is 0 Å². The number of amides is 2. The van der Waals surface area contributed by atoms with Gasteiger partial charge in [-0.25, -0.2) is 0 Å². The molecule has 1 N–H and O–H groups in total. The van der Waals surface area contributed by atoms with Gasteiger partial charge in [-0.15, -0.1) is 0 Å². The van der Waals surface area contributed by atoms with E-state index in [4.69, 9.17) is 44.9 Å². The lowest BCUT2D eigenvalue weighted by Crippen LogP contribution is -2.44. The van der Waals surface area contributed by atoms with Gasteiger partial charge in [-0.2, -0.15) is 5.01 Å². The summed E-state index contributed by atoms with van der Waals surface area (Å²) >= 11 is 20.5. The number of hydrogen-bond donors (Lipinski definition) is 1. The lowest BCUT2D eigenvalue weighted by atomic mass is 10.1. The zero-order valence-electron chi connectivity index (χ0n) is 19.3. The van der Waals surface area contributed by atoms with E-state index in [1.807, 2.05) is 43.3 Å². The monoisotopic (exact) mass is 684 g/mol. The van der Waals surface area contributed by atoms with Gasteiger partial charge in [-0.05, 0) is 107 Å². The molecule has 0 atom stereocenters. The number of carbonyl (C=O) groups is 2. The molecule has 0 aliphatic carbocycles.